The highest BCUT2D eigenvalue weighted by Gasteiger charge is 2.33. The van der Waals surface area contributed by atoms with E-state index in [1.807, 2.05) is 58.3 Å². The summed E-state index contributed by atoms with van der Waals surface area (Å²) in [6, 6.07) is 14.5. The Hall–Kier alpha value is -4.12. The Morgan fingerprint density at radius 2 is 1.82 bits per heavy atom. The van der Waals surface area contributed by atoms with Gasteiger partial charge in [-0.1, -0.05) is 52.0 Å². The fourth-order valence-electron chi connectivity index (χ4n) is 6.21. The fourth-order valence-corrected chi connectivity index (χ4v) is 6.21. The molecule has 1 aliphatic rings. The van der Waals surface area contributed by atoms with Gasteiger partial charge < -0.3 is 8.98 Å². The maximum atomic E-state index is 9.38. The van der Waals surface area contributed by atoms with Crippen molar-refractivity contribution in [2.75, 3.05) is 0 Å². The predicted molar refractivity (Wildman–Crippen MR) is 153 cm³/mol. The van der Waals surface area contributed by atoms with E-state index in [4.69, 9.17) is 4.42 Å². The number of aromatic nitrogens is 4. The highest BCUT2D eigenvalue weighted by Crippen LogP contribution is 2.44. The van der Waals surface area contributed by atoms with Crippen molar-refractivity contribution in [3.05, 3.63) is 95.3 Å². The van der Waals surface area contributed by atoms with Gasteiger partial charge in [-0.05, 0) is 48.0 Å². The molecule has 0 N–H and O–H groups in total. The minimum Gasteiger partial charge on any atom is -0.456 e. The molecule has 0 amide bonds. The van der Waals surface area contributed by atoms with Crippen LogP contribution in [-0.4, -0.2) is 14.1 Å². The van der Waals surface area contributed by atoms with Crippen molar-refractivity contribution in [1.29, 1.82) is 0 Å². The summed E-state index contributed by atoms with van der Waals surface area (Å²) in [5.74, 6) is 0.107. The predicted octanol–water partition coefficient (Wildman–Crippen LogP) is 7.51. The zero-order valence-electron chi connectivity index (χ0n) is 24.8. The molecule has 0 aliphatic carbocycles. The number of hydrogen-bond donors (Lipinski definition) is 0. The lowest BCUT2D eigenvalue weighted by Crippen LogP contribution is -2.30. The summed E-state index contributed by atoms with van der Waals surface area (Å²) in [6.45, 7) is 9.82. The van der Waals surface area contributed by atoms with Crippen molar-refractivity contribution in [3.63, 3.8) is 0 Å². The SMILES string of the molecule is [2H]C(C)(C)c1cc2c(oc3ccccc32)c(C([2H])(C)C)c1-n1cc[n+](C)c1-c1c(C)ccc2c1Cc1nccn1-2. The van der Waals surface area contributed by atoms with Crippen LogP contribution in [0.4, 0.5) is 0 Å². The number of para-hydroxylation sites is 1. The van der Waals surface area contributed by atoms with Gasteiger partial charge in [0, 0.05) is 43.5 Å². The van der Waals surface area contributed by atoms with Crippen LogP contribution in [0.2, 0.25) is 0 Å². The largest absolute Gasteiger partial charge is 0.456 e. The summed E-state index contributed by atoms with van der Waals surface area (Å²) in [4.78, 5) is 4.60. The molecule has 6 aromatic rings. The van der Waals surface area contributed by atoms with Crippen LogP contribution in [0.15, 0.2) is 71.7 Å². The summed E-state index contributed by atoms with van der Waals surface area (Å²) < 4.78 is 31.7. The Bertz CT molecular complexity index is 1980. The zero-order valence-corrected chi connectivity index (χ0v) is 22.8. The summed E-state index contributed by atoms with van der Waals surface area (Å²) in [5.41, 5.74) is 8.70. The van der Waals surface area contributed by atoms with E-state index in [0.717, 1.165) is 62.5 Å². The Kier molecular flexibility index (Phi) is 4.50. The van der Waals surface area contributed by atoms with E-state index in [1.54, 1.807) is 0 Å². The van der Waals surface area contributed by atoms with Gasteiger partial charge in [0.1, 0.15) is 35.1 Å². The number of furan rings is 1. The molecule has 0 fully saturated rings. The van der Waals surface area contributed by atoms with E-state index in [0.29, 0.717) is 5.58 Å². The van der Waals surface area contributed by atoms with Gasteiger partial charge in [0.15, 0.2) is 0 Å². The molecule has 0 atom stereocenters. The van der Waals surface area contributed by atoms with Crippen molar-refractivity contribution in [2.45, 2.75) is 52.8 Å². The molecule has 4 heterocycles. The third kappa shape index (κ3) is 3.11. The number of aryl methyl sites for hydroxylation is 2. The molecule has 0 spiro atoms. The molecule has 1 aliphatic heterocycles. The highest BCUT2D eigenvalue weighted by atomic mass is 16.3. The first-order valence-electron chi connectivity index (χ1n) is 14.2. The lowest BCUT2D eigenvalue weighted by Gasteiger charge is -2.19. The van der Waals surface area contributed by atoms with Gasteiger partial charge in [-0.25, -0.2) is 9.55 Å². The summed E-state index contributed by atoms with van der Waals surface area (Å²) in [6.07, 6.45) is 8.76. The van der Waals surface area contributed by atoms with Gasteiger partial charge in [0.2, 0.25) is 0 Å². The summed E-state index contributed by atoms with van der Waals surface area (Å²) in [7, 11) is 2.06. The maximum absolute atomic E-state index is 9.38. The van der Waals surface area contributed by atoms with Crippen molar-refractivity contribution in [1.82, 2.24) is 14.1 Å². The molecule has 0 bridgehead atoms. The molecule has 0 saturated heterocycles. The number of rotatable bonds is 4. The van der Waals surface area contributed by atoms with Crippen LogP contribution < -0.4 is 4.57 Å². The molecule has 3 aromatic carbocycles. The number of fused-ring (bicyclic) bond motifs is 6. The normalized spacial score (nSPS) is 14.2. The standard InChI is InChI=1S/C33H33N4O/c1-19(2)23-17-24-22-9-7-8-10-27(22)38-32(24)29(20(3)4)31(23)37-16-15-35(6)33(37)30-21(5)11-12-26-25(30)18-28-34-13-14-36(26)28/h7-17,19-20H,18H2,1-6H3/q+1/i19D,20D. The van der Waals surface area contributed by atoms with Crippen molar-refractivity contribution in [3.8, 4) is 22.8 Å². The second-order valence-electron chi connectivity index (χ2n) is 10.9. The molecular weight excluding hydrogens is 468 g/mol. The second kappa shape index (κ2) is 8.19. The van der Waals surface area contributed by atoms with Crippen LogP contribution in [0, 0.1) is 6.92 Å². The van der Waals surface area contributed by atoms with E-state index in [1.165, 1.54) is 11.1 Å². The molecule has 38 heavy (non-hydrogen) atoms. The Morgan fingerprint density at radius 1 is 1.00 bits per heavy atom. The molecule has 5 heteroatoms. The van der Waals surface area contributed by atoms with Gasteiger partial charge in [-0.3, -0.25) is 0 Å². The number of hydrogen-bond acceptors (Lipinski definition) is 2. The van der Waals surface area contributed by atoms with E-state index >= 15 is 0 Å². The van der Waals surface area contributed by atoms with Crippen LogP contribution in [0.3, 0.4) is 0 Å². The van der Waals surface area contributed by atoms with Gasteiger partial charge in [0.25, 0.3) is 5.82 Å². The number of benzene rings is 3. The monoisotopic (exact) mass is 503 g/mol. The molecule has 0 unspecified atom stereocenters. The Balaban J connectivity index is 1.62. The summed E-state index contributed by atoms with van der Waals surface area (Å²) >= 11 is 0. The molecule has 190 valence electrons. The van der Waals surface area contributed by atoms with E-state index in [-0.39, 0.29) is 0 Å². The average Bonchev–Trinajstić information content (AvgIpc) is 3.64. The minimum absolute atomic E-state index is 0.710. The number of imidazole rings is 2. The zero-order chi connectivity index (χ0) is 28.1. The average molecular weight is 504 g/mol. The lowest BCUT2D eigenvalue weighted by atomic mass is 9.89. The van der Waals surface area contributed by atoms with Crippen LogP contribution in [0.1, 0.15) is 70.3 Å². The first kappa shape index (κ1) is 20.9. The van der Waals surface area contributed by atoms with E-state index in [9.17, 15) is 2.74 Å². The molecule has 7 rings (SSSR count). The number of nitrogens with zero attached hydrogens (tertiary/aromatic N) is 4. The minimum atomic E-state index is -1.00. The first-order valence-corrected chi connectivity index (χ1v) is 13.2. The Morgan fingerprint density at radius 3 is 2.61 bits per heavy atom. The Labute approximate surface area is 225 Å². The molecule has 5 nitrogen and oxygen atoms in total. The molecule has 0 radical (unpaired) electrons. The van der Waals surface area contributed by atoms with Gasteiger partial charge >= 0.3 is 0 Å². The quantitative estimate of drug-likeness (QED) is 0.233. The fraction of sp³-hybridized carbons (Fsp3) is 0.273. The van der Waals surface area contributed by atoms with Crippen molar-refractivity contribution in [2.24, 2.45) is 7.05 Å². The molecule has 0 saturated carbocycles. The highest BCUT2D eigenvalue weighted by molar-refractivity contribution is 6.07. The maximum Gasteiger partial charge on any atom is 0.294 e. The van der Waals surface area contributed by atoms with Crippen LogP contribution >= 0.6 is 0 Å². The first-order chi connectivity index (χ1) is 18.9. The van der Waals surface area contributed by atoms with Gasteiger partial charge in [0.05, 0.1) is 18.3 Å². The van der Waals surface area contributed by atoms with Gasteiger partial charge in [-0.2, -0.15) is 4.57 Å². The molecular formula is C33H33N4O+. The van der Waals surface area contributed by atoms with Crippen LogP contribution in [0.25, 0.3) is 44.7 Å². The third-order valence-electron chi connectivity index (χ3n) is 7.95. The van der Waals surface area contributed by atoms with Crippen molar-refractivity contribution >= 4 is 21.9 Å². The second-order valence-corrected chi connectivity index (χ2v) is 10.9. The van der Waals surface area contributed by atoms with Crippen LogP contribution in [-0.2, 0) is 13.5 Å². The van der Waals surface area contributed by atoms with E-state index < -0.39 is 11.8 Å². The third-order valence-corrected chi connectivity index (χ3v) is 7.95. The summed E-state index contributed by atoms with van der Waals surface area (Å²) in [5, 5.41) is 1.95. The van der Waals surface area contributed by atoms with Gasteiger partial charge in [-0.15, -0.1) is 0 Å². The molecule has 3 aromatic heterocycles. The van der Waals surface area contributed by atoms with Crippen LogP contribution in [0.5, 0.6) is 0 Å². The topological polar surface area (TPSA) is 39.8 Å². The smallest absolute Gasteiger partial charge is 0.294 e. The lowest BCUT2D eigenvalue weighted by molar-refractivity contribution is -0.659. The van der Waals surface area contributed by atoms with E-state index in [2.05, 4.69) is 69.3 Å². The van der Waals surface area contributed by atoms with Crippen molar-refractivity contribution < 1.29 is 11.7 Å².